The van der Waals surface area contributed by atoms with E-state index in [1.165, 1.54) is 0 Å². The van der Waals surface area contributed by atoms with Gasteiger partial charge in [-0.05, 0) is 24.7 Å². The zero-order valence-corrected chi connectivity index (χ0v) is 13.2. The summed E-state index contributed by atoms with van der Waals surface area (Å²) >= 11 is 0. The fourth-order valence-corrected chi connectivity index (χ4v) is 2.22. The largest absolute Gasteiger partial charge is 0.497 e. The van der Waals surface area contributed by atoms with Crippen LogP contribution in [-0.2, 0) is 11.8 Å². The second-order valence-electron chi connectivity index (χ2n) is 5.02. The minimum absolute atomic E-state index is 0.0156. The van der Waals surface area contributed by atoms with Crippen LogP contribution in [0.5, 0.6) is 5.75 Å². The zero-order valence-electron chi connectivity index (χ0n) is 13.2. The molecular weight excluding hydrogens is 280 g/mol. The van der Waals surface area contributed by atoms with Crippen LogP contribution in [0.1, 0.15) is 23.9 Å². The number of benzene rings is 1. The van der Waals surface area contributed by atoms with E-state index in [1.807, 2.05) is 49.1 Å². The highest BCUT2D eigenvalue weighted by molar-refractivity contribution is 5.77. The van der Waals surface area contributed by atoms with Crippen LogP contribution in [0.3, 0.4) is 0 Å². The smallest absolute Gasteiger partial charge is 0.222 e. The molecule has 0 saturated heterocycles. The Hall–Kier alpha value is -2.34. The molecule has 2 N–H and O–H groups in total. The van der Waals surface area contributed by atoms with E-state index >= 15 is 0 Å². The fourth-order valence-electron chi connectivity index (χ4n) is 2.22. The molecule has 0 radical (unpaired) electrons. The van der Waals surface area contributed by atoms with Crippen molar-refractivity contribution < 1.29 is 9.53 Å². The molecule has 1 aromatic carbocycles. The molecule has 0 saturated carbocycles. The maximum atomic E-state index is 12.1. The normalized spacial score (nSPS) is 12.0. The number of ether oxygens (including phenoxy) is 1. The van der Waals surface area contributed by atoms with Gasteiger partial charge in [-0.25, -0.2) is 4.98 Å². The van der Waals surface area contributed by atoms with E-state index in [0.29, 0.717) is 13.0 Å². The van der Waals surface area contributed by atoms with Crippen LogP contribution in [0.25, 0.3) is 0 Å². The Morgan fingerprint density at radius 2 is 2.09 bits per heavy atom. The van der Waals surface area contributed by atoms with E-state index < -0.39 is 0 Å². The molecule has 0 bridgehead atoms. The molecule has 2 rings (SSSR count). The second kappa shape index (κ2) is 7.61. The Morgan fingerprint density at radius 3 is 2.64 bits per heavy atom. The van der Waals surface area contributed by atoms with Gasteiger partial charge in [0.15, 0.2) is 0 Å². The molecule has 1 atom stereocenters. The number of nitrogens with zero attached hydrogens (tertiary/aromatic N) is 2. The summed E-state index contributed by atoms with van der Waals surface area (Å²) in [5, 5.41) is 6.02. The van der Waals surface area contributed by atoms with Gasteiger partial charge in [-0.1, -0.05) is 12.1 Å². The Labute approximate surface area is 130 Å². The first kappa shape index (κ1) is 16.0. The Morgan fingerprint density at radius 1 is 1.36 bits per heavy atom. The summed E-state index contributed by atoms with van der Waals surface area (Å²) in [5.74, 6) is 1.56. The van der Waals surface area contributed by atoms with Crippen molar-refractivity contribution in [2.24, 2.45) is 7.05 Å². The third-order valence-electron chi connectivity index (χ3n) is 3.47. The minimum Gasteiger partial charge on any atom is -0.497 e. The highest BCUT2D eigenvalue weighted by Gasteiger charge is 2.20. The highest BCUT2D eigenvalue weighted by Crippen LogP contribution is 2.23. The minimum atomic E-state index is -0.282. The molecule has 118 valence electrons. The predicted molar refractivity (Wildman–Crippen MR) is 84.7 cm³/mol. The van der Waals surface area contributed by atoms with Gasteiger partial charge in [0.05, 0.1) is 7.11 Å². The molecule has 0 aliphatic carbocycles. The SMILES string of the molecule is CNCCC(=O)NC(c1ccc(OC)cc1)c1nccn1C. The van der Waals surface area contributed by atoms with Crippen molar-refractivity contribution in [1.29, 1.82) is 0 Å². The van der Waals surface area contributed by atoms with E-state index in [2.05, 4.69) is 15.6 Å². The molecule has 0 aliphatic rings. The Kier molecular flexibility index (Phi) is 5.55. The standard InChI is InChI=1S/C16H22N4O2/c1-17-9-8-14(21)19-15(16-18-10-11-20(16)2)12-4-6-13(22-3)7-5-12/h4-7,10-11,15,17H,8-9H2,1-3H3,(H,19,21). The molecular formula is C16H22N4O2. The maximum Gasteiger partial charge on any atom is 0.222 e. The molecule has 1 amide bonds. The Balaban J connectivity index is 2.25. The average Bonchev–Trinajstić information content (AvgIpc) is 2.96. The first-order chi connectivity index (χ1) is 10.7. The lowest BCUT2D eigenvalue weighted by atomic mass is 10.1. The van der Waals surface area contributed by atoms with Crippen molar-refractivity contribution in [2.75, 3.05) is 20.7 Å². The molecule has 6 heteroatoms. The van der Waals surface area contributed by atoms with Gasteiger partial charge in [0, 0.05) is 32.4 Å². The predicted octanol–water partition coefficient (Wildman–Crippen LogP) is 1.24. The number of aromatic nitrogens is 2. The van der Waals surface area contributed by atoms with Crippen LogP contribution in [-0.4, -0.2) is 36.2 Å². The van der Waals surface area contributed by atoms with Gasteiger partial charge >= 0.3 is 0 Å². The fraction of sp³-hybridized carbons (Fsp3) is 0.375. The molecule has 0 spiro atoms. The van der Waals surface area contributed by atoms with E-state index in [9.17, 15) is 4.79 Å². The maximum absolute atomic E-state index is 12.1. The molecule has 0 fully saturated rings. The summed E-state index contributed by atoms with van der Waals surface area (Å²) in [6, 6.07) is 7.36. The summed E-state index contributed by atoms with van der Waals surface area (Å²) in [5.41, 5.74) is 0.966. The number of amides is 1. The average molecular weight is 302 g/mol. The number of hydrogen-bond acceptors (Lipinski definition) is 4. The molecule has 1 unspecified atom stereocenters. The monoisotopic (exact) mass is 302 g/mol. The first-order valence-corrected chi connectivity index (χ1v) is 7.21. The lowest BCUT2D eigenvalue weighted by Gasteiger charge is -2.19. The van der Waals surface area contributed by atoms with Crippen LogP contribution in [0.2, 0.25) is 0 Å². The number of carbonyl (C=O) groups excluding carboxylic acids is 1. The number of carbonyl (C=O) groups is 1. The van der Waals surface area contributed by atoms with E-state index in [-0.39, 0.29) is 11.9 Å². The molecule has 0 aliphatic heterocycles. The van der Waals surface area contributed by atoms with Crippen molar-refractivity contribution in [3.63, 3.8) is 0 Å². The van der Waals surface area contributed by atoms with Crippen LogP contribution in [0.15, 0.2) is 36.7 Å². The third kappa shape index (κ3) is 3.85. The van der Waals surface area contributed by atoms with Crippen molar-refractivity contribution in [3.05, 3.63) is 48.0 Å². The van der Waals surface area contributed by atoms with Crippen molar-refractivity contribution >= 4 is 5.91 Å². The quantitative estimate of drug-likeness (QED) is 0.807. The zero-order chi connectivity index (χ0) is 15.9. The van der Waals surface area contributed by atoms with Crippen LogP contribution in [0.4, 0.5) is 0 Å². The van der Waals surface area contributed by atoms with Crippen LogP contribution < -0.4 is 15.4 Å². The van der Waals surface area contributed by atoms with Gasteiger partial charge in [-0.3, -0.25) is 4.79 Å². The van der Waals surface area contributed by atoms with Gasteiger partial charge < -0.3 is 19.9 Å². The van der Waals surface area contributed by atoms with Crippen molar-refractivity contribution in [1.82, 2.24) is 20.2 Å². The number of methoxy groups -OCH3 is 1. The number of imidazole rings is 1. The third-order valence-corrected chi connectivity index (χ3v) is 3.47. The van der Waals surface area contributed by atoms with Crippen LogP contribution >= 0.6 is 0 Å². The van der Waals surface area contributed by atoms with Gasteiger partial charge in [0.1, 0.15) is 17.6 Å². The van der Waals surface area contributed by atoms with Gasteiger partial charge in [0.25, 0.3) is 0 Å². The summed E-state index contributed by atoms with van der Waals surface area (Å²) in [7, 11) is 5.37. The number of hydrogen-bond donors (Lipinski definition) is 2. The lowest BCUT2D eigenvalue weighted by Crippen LogP contribution is -2.32. The number of nitrogens with one attached hydrogen (secondary N) is 2. The van der Waals surface area contributed by atoms with Crippen LogP contribution in [0, 0.1) is 0 Å². The van der Waals surface area contributed by atoms with Gasteiger partial charge in [-0.15, -0.1) is 0 Å². The van der Waals surface area contributed by atoms with Crippen molar-refractivity contribution in [2.45, 2.75) is 12.5 Å². The Bertz CT molecular complexity index is 607. The second-order valence-corrected chi connectivity index (χ2v) is 5.02. The molecule has 1 aromatic heterocycles. The molecule has 1 heterocycles. The lowest BCUT2D eigenvalue weighted by molar-refractivity contribution is -0.121. The van der Waals surface area contributed by atoms with Gasteiger partial charge in [0.2, 0.25) is 5.91 Å². The first-order valence-electron chi connectivity index (χ1n) is 7.21. The van der Waals surface area contributed by atoms with E-state index in [4.69, 9.17) is 4.74 Å². The van der Waals surface area contributed by atoms with E-state index in [0.717, 1.165) is 17.1 Å². The summed E-state index contributed by atoms with van der Waals surface area (Å²) in [6.07, 6.45) is 4.02. The summed E-state index contributed by atoms with van der Waals surface area (Å²) in [4.78, 5) is 16.5. The highest BCUT2D eigenvalue weighted by atomic mass is 16.5. The molecule has 22 heavy (non-hydrogen) atoms. The topological polar surface area (TPSA) is 68.2 Å². The van der Waals surface area contributed by atoms with E-state index in [1.54, 1.807) is 13.3 Å². The summed E-state index contributed by atoms with van der Waals surface area (Å²) < 4.78 is 7.09. The van der Waals surface area contributed by atoms with Gasteiger partial charge in [-0.2, -0.15) is 0 Å². The number of rotatable bonds is 7. The molecule has 6 nitrogen and oxygen atoms in total. The van der Waals surface area contributed by atoms with Crippen molar-refractivity contribution in [3.8, 4) is 5.75 Å². The summed E-state index contributed by atoms with van der Waals surface area (Å²) in [6.45, 7) is 0.641. The number of aryl methyl sites for hydroxylation is 1. The molecule has 2 aromatic rings.